The van der Waals surface area contributed by atoms with Crippen molar-refractivity contribution in [2.24, 2.45) is 4.99 Å². The number of allylic oxidation sites excluding steroid dienone is 3. The van der Waals surface area contributed by atoms with Gasteiger partial charge in [-0.25, -0.2) is 0 Å². The van der Waals surface area contributed by atoms with Crippen molar-refractivity contribution in [3.8, 4) is 0 Å². The molecule has 0 saturated heterocycles. The number of aliphatic imine (C=N–C) groups is 1. The van der Waals surface area contributed by atoms with Gasteiger partial charge in [-0.05, 0) is 12.5 Å². The lowest BCUT2D eigenvalue weighted by Gasteiger charge is -1.80. The Morgan fingerprint density at radius 2 is 2.50 bits per heavy atom. The molecule has 0 unspecified atom stereocenters. The van der Waals surface area contributed by atoms with E-state index >= 15 is 0 Å². The molecule has 1 rings (SSSR count). The van der Waals surface area contributed by atoms with Crippen molar-refractivity contribution in [1.82, 2.24) is 0 Å². The summed E-state index contributed by atoms with van der Waals surface area (Å²) in [7, 11) is 0. The van der Waals surface area contributed by atoms with Gasteiger partial charge >= 0.3 is 0 Å². The van der Waals surface area contributed by atoms with E-state index < -0.39 is 0 Å². The third-order valence-electron chi connectivity index (χ3n) is 1.00. The second kappa shape index (κ2) is 2.46. The van der Waals surface area contributed by atoms with Crippen molar-refractivity contribution in [3.63, 3.8) is 0 Å². The molecule has 1 aliphatic heterocycles. The second-order valence-corrected chi connectivity index (χ2v) is 1.83. The summed E-state index contributed by atoms with van der Waals surface area (Å²) >= 11 is 0. The van der Waals surface area contributed by atoms with Crippen LogP contribution in [0.4, 0.5) is 0 Å². The highest BCUT2D eigenvalue weighted by atomic mass is 14.7. The lowest BCUT2D eigenvalue weighted by Crippen LogP contribution is -1.74. The Bertz CT molecular complexity index is 152. The van der Waals surface area contributed by atoms with Crippen LogP contribution in [0.5, 0.6) is 0 Å². The average Bonchev–Trinajstić information content (AvgIpc) is 1.94. The first-order valence-electron chi connectivity index (χ1n) is 2.73. The van der Waals surface area contributed by atoms with Crippen molar-refractivity contribution < 1.29 is 0 Å². The molecule has 1 heteroatoms. The molecule has 8 heavy (non-hydrogen) atoms. The highest BCUT2D eigenvalue weighted by molar-refractivity contribution is 5.78. The van der Waals surface area contributed by atoms with E-state index in [0.717, 1.165) is 6.54 Å². The number of hydrogen-bond donors (Lipinski definition) is 0. The molecular formula is C7H9N. The van der Waals surface area contributed by atoms with Crippen molar-refractivity contribution in [3.05, 3.63) is 23.8 Å². The Labute approximate surface area is 49.4 Å². The third kappa shape index (κ3) is 1.34. The Hall–Kier alpha value is -0.850. The molecule has 0 aromatic carbocycles. The fourth-order valence-corrected chi connectivity index (χ4v) is 0.581. The van der Waals surface area contributed by atoms with Crippen LogP contribution >= 0.6 is 0 Å². The normalized spacial score (nSPS) is 17.9. The maximum Gasteiger partial charge on any atom is 0.0573 e. The van der Waals surface area contributed by atoms with Crippen LogP contribution in [0.2, 0.25) is 0 Å². The smallest absolute Gasteiger partial charge is 0.0573 e. The van der Waals surface area contributed by atoms with E-state index in [-0.39, 0.29) is 0 Å². The Morgan fingerprint density at radius 1 is 1.62 bits per heavy atom. The number of hydrogen-bond acceptors (Lipinski definition) is 1. The first-order chi connectivity index (χ1) is 3.89. The second-order valence-electron chi connectivity index (χ2n) is 1.83. The standard InChI is InChI=1S/C7H9N/c1-7-4-2-3-5-8-6-7/h2-4,6H,5H2,1H3. The molecule has 1 aliphatic rings. The maximum atomic E-state index is 4.07. The zero-order valence-electron chi connectivity index (χ0n) is 4.96. The molecule has 0 bridgehead atoms. The SMILES string of the molecule is CC1=CC=CCN=C1. The summed E-state index contributed by atoms with van der Waals surface area (Å²) in [5.41, 5.74) is 1.22. The summed E-state index contributed by atoms with van der Waals surface area (Å²) in [5, 5.41) is 0. The van der Waals surface area contributed by atoms with Crippen LogP contribution in [-0.2, 0) is 0 Å². The van der Waals surface area contributed by atoms with Crippen molar-refractivity contribution >= 4 is 6.21 Å². The average molecular weight is 107 g/mol. The summed E-state index contributed by atoms with van der Waals surface area (Å²) in [4.78, 5) is 4.07. The lowest BCUT2D eigenvalue weighted by molar-refractivity contribution is 1.26. The maximum absolute atomic E-state index is 4.07. The van der Waals surface area contributed by atoms with Gasteiger partial charge in [-0.1, -0.05) is 18.2 Å². The van der Waals surface area contributed by atoms with Crippen LogP contribution in [0.1, 0.15) is 6.92 Å². The van der Waals surface area contributed by atoms with Gasteiger partial charge in [0.1, 0.15) is 0 Å². The van der Waals surface area contributed by atoms with Gasteiger partial charge in [0, 0.05) is 6.21 Å². The largest absolute Gasteiger partial charge is 0.289 e. The highest BCUT2D eigenvalue weighted by Gasteiger charge is 1.81. The molecule has 42 valence electrons. The van der Waals surface area contributed by atoms with E-state index in [1.54, 1.807) is 0 Å². The molecule has 0 atom stereocenters. The predicted octanol–water partition coefficient (Wildman–Crippen LogP) is 1.57. The van der Waals surface area contributed by atoms with Gasteiger partial charge in [-0.3, -0.25) is 4.99 Å². The molecule has 0 saturated carbocycles. The molecule has 1 heterocycles. The predicted molar refractivity (Wildman–Crippen MR) is 36.3 cm³/mol. The first-order valence-corrected chi connectivity index (χ1v) is 2.73. The van der Waals surface area contributed by atoms with Gasteiger partial charge in [-0.15, -0.1) is 0 Å². The molecule has 0 fully saturated rings. The van der Waals surface area contributed by atoms with Gasteiger partial charge in [0.05, 0.1) is 6.54 Å². The fourth-order valence-electron chi connectivity index (χ4n) is 0.581. The summed E-state index contributed by atoms with van der Waals surface area (Å²) in [6, 6.07) is 0. The van der Waals surface area contributed by atoms with E-state index in [2.05, 4.69) is 11.1 Å². The zero-order valence-corrected chi connectivity index (χ0v) is 4.96. The summed E-state index contributed by atoms with van der Waals surface area (Å²) in [5.74, 6) is 0. The Kier molecular flexibility index (Phi) is 1.62. The number of rotatable bonds is 0. The molecule has 0 N–H and O–H groups in total. The van der Waals surface area contributed by atoms with Crippen molar-refractivity contribution in [2.75, 3.05) is 6.54 Å². The van der Waals surface area contributed by atoms with Crippen molar-refractivity contribution in [2.45, 2.75) is 6.92 Å². The minimum Gasteiger partial charge on any atom is -0.289 e. The van der Waals surface area contributed by atoms with Crippen LogP contribution in [-0.4, -0.2) is 12.8 Å². The Balaban J connectivity index is 2.73. The summed E-state index contributed by atoms with van der Waals surface area (Å²) < 4.78 is 0. The molecular weight excluding hydrogens is 98.1 g/mol. The lowest BCUT2D eigenvalue weighted by atomic mass is 10.3. The van der Waals surface area contributed by atoms with E-state index in [1.807, 2.05) is 25.3 Å². The van der Waals surface area contributed by atoms with Gasteiger partial charge in [0.15, 0.2) is 0 Å². The minimum absolute atomic E-state index is 0.827. The quantitative estimate of drug-likeness (QED) is 0.445. The van der Waals surface area contributed by atoms with Crippen LogP contribution in [0.25, 0.3) is 0 Å². The van der Waals surface area contributed by atoms with E-state index in [9.17, 15) is 0 Å². The highest BCUT2D eigenvalue weighted by Crippen LogP contribution is 1.92. The molecule has 0 radical (unpaired) electrons. The van der Waals surface area contributed by atoms with Crippen LogP contribution in [0.15, 0.2) is 28.8 Å². The summed E-state index contributed by atoms with van der Waals surface area (Å²) in [6.07, 6.45) is 8.01. The van der Waals surface area contributed by atoms with Crippen LogP contribution in [0, 0.1) is 0 Å². The number of nitrogens with zero attached hydrogens (tertiary/aromatic N) is 1. The molecule has 0 aliphatic carbocycles. The van der Waals surface area contributed by atoms with E-state index in [1.165, 1.54) is 5.57 Å². The first kappa shape index (κ1) is 5.29. The van der Waals surface area contributed by atoms with Crippen molar-refractivity contribution in [1.29, 1.82) is 0 Å². The van der Waals surface area contributed by atoms with Gasteiger partial charge < -0.3 is 0 Å². The molecule has 0 aromatic heterocycles. The summed E-state index contributed by atoms with van der Waals surface area (Å²) in [6.45, 7) is 2.87. The molecule has 0 amide bonds. The van der Waals surface area contributed by atoms with E-state index in [4.69, 9.17) is 0 Å². The van der Waals surface area contributed by atoms with Gasteiger partial charge in [0.25, 0.3) is 0 Å². The van der Waals surface area contributed by atoms with Crippen LogP contribution in [0.3, 0.4) is 0 Å². The molecule has 0 spiro atoms. The molecule has 0 aromatic rings. The zero-order chi connectivity index (χ0) is 5.82. The monoisotopic (exact) mass is 107 g/mol. The van der Waals surface area contributed by atoms with Gasteiger partial charge in [0.2, 0.25) is 0 Å². The molecule has 1 nitrogen and oxygen atoms in total. The fraction of sp³-hybridized carbons (Fsp3) is 0.286. The van der Waals surface area contributed by atoms with Crippen LogP contribution < -0.4 is 0 Å². The van der Waals surface area contributed by atoms with E-state index in [0.29, 0.717) is 0 Å². The third-order valence-corrected chi connectivity index (χ3v) is 1.00. The minimum atomic E-state index is 0.827. The Morgan fingerprint density at radius 3 is 3.38 bits per heavy atom. The topological polar surface area (TPSA) is 12.4 Å². The van der Waals surface area contributed by atoms with Gasteiger partial charge in [-0.2, -0.15) is 0 Å².